The number of nitrogens with zero attached hydrogens (tertiary/aromatic N) is 3. The van der Waals surface area contributed by atoms with Crippen molar-refractivity contribution in [1.82, 2.24) is 14.8 Å². The molecule has 1 atom stereocenters. The summed E-state index contributed by atoms with van der Waals surface area (Å²) >= 11 is 1.31. The maximum atomic E-state index is 11.6. The number of hydrogen-bond donors (Lipinski definition) is 1. The molecule has 1 amide bonds. The first-order chi connectivity index (χ1) is 13.4. The number of ether oxygens (including phenoxy) is 1. The van der Waals surface area contributed by atoms with Crippen molar-refractivity contribution in [2.75, 3.05) is 7.11 Å². The van der Waals surface area contributed by atoms with Crippen molar-refractivity contribution >= 4 is 17.7 Å². The predicted molar refractivity (Wildman–Crippen MR) is 112 cm³/mol. The highest BCUT2D eigenvalue weighted by Crippen LogP contribution is 2.33. The minimum atomic E-state index is -0.419. The average molecular weight is 397 g/mol. The number of amides is 1. The first-order valence-corrected chi connectivity index (χ1v) is 9.95. The van der Waals surface area contributed by atoms with Gasteiger partial charge in [-0.3, -0.25) is 9.36 Å². The predicted octanol–water partition coefficient (Wildman–Crippen LogP) is 4.03. The molecular formula is C21H24N4O2S. The van der Waals surface area contributed by atoms with Gasteiger partial charge in [0.25, 0.3) is 0 Å². The summed E-state index contributed by atoms with van der Waals surface area (Å²) in [7, 11) is 1.64. The zero-order chi connectivity index (χ0) is 20.3. The number of hydrogen-bond acceptors (Lipinski definition) is 5. The molecule has 0 saturated heterocycles. The molecule has 7 heteroatoms. The van der Waals surface area contributed by atoms with Gasteiger partial charge >= 0.3 is 0 Å². The van der Waals surface area contributed by atoms with Crippen LogP contribution >= 0.6 is 11.8 Å². The summed E-state index contributed by atoms with van der Waals surface area (Å²) < 4.78 is 7.26. The van der Waals surface area contributed by atoms with Crippen molar-refractivity contribution in [3.05, 3.63) is 54.1 Å². The third kappa shape index (κ3) is 4.04. The Kier molecular flexibility index (Phi) is 6.04. The molecule has 3 aromatic rings. The molecule has 0 saturated carbocycles. The van der Waals surface area contributed by atoms with E-state index in [4.69, 9.17) is 10.5 Å². The van der Waals surface area contributed by atoms with Gasteiger partial charge < -0.3 is 10.5 Å². The fourth-order valence-electron chi connectivity index (χ4n) is 2.89. The van der Waals surface area contributed by atoms with E-state index in [0.29, 0.717) is 16.9 Å². The number of para-hydroxylation sites is 1. The second kappa shape index (κ2) is 8.48. The minimum absolute atomic E-state index is 0.314. The first kappa shape index (κ1) is 19.9. The lowest BCUT2D eigenvalue weighted by molar-refractivity contribution is -0.117. The molecule has 0 fully saturated rings. The Morgan fingerprint density at radius 2 is 1.75 bits per heavy atom. The Hall–Kier alpha value is -2.80. The summed E-state index contributed by atoms with van der Waals surface area (Å²) in [6.45, 7) is 6.07. The number of benzene rings is 2. The number of carbonyl (C=O) groups excluding carboxylic acids is 1. The van der Waals surface area contributed by atoms with Crippen molar-refractivity contribution in [3.8, 4) is 22.8 Å². The molecule has 6 nitrogen and oxygen atoms in total. The number of rotatable bonds is 7. The van der Waals surface area contributed by atoms with Crippen molar-refractivity contribution in [2.45, 2.75) is 37.1 Å². The van der Waals surface area contributed by atoms with Crippen LogP contribution in [0.3, 0.4) is 0 Å². The van der Waals surface area contributed by atoms with E-state index in [0.717, 1.165) is 17.0 Å². The van der Waals surface area contributed by atoms with Crippen LogP contribution in [0.5, 0.6) is 5.75 Å². The van der Waals surface area contributed by atoms with Crippen LogP contribution in [0.25, 0.3) is 17.1 Å². The van der Waals surface area contributed by atoms with Gasteiger partial charge in [-0.2, -0.15) is 0 Å². The molecule has 0 aliphatic carbocycles. The van der Waals surface area contributed by atoms with Gasteiger partial charge in [0.1, 0.15) is 5.75 Å². The van der Waals surface area contributed by atoms with Crippen LogP contribution in [0.15, 0.2) is 53.7 Å². The summed E-state index contributed by atoms with van der Waals surface area (Å²) in [5, 5.41) is 9.01. The lowest BCUT2D eigenvalue weighted by Gasteiger charge is -2.17. The summed E-state index contributed by atoms with van der Waals surface area (Å²) in [5.74, 6) is 1.40. The number of nitrogens with two attached hydrogens (primary N) is 1. The van der Waals surface area contributed by atoms with Crippen molar-refractivity contribution in [1.29, 1.82) is 0 Å². The fourth-order valence-corrected chi connectivity index (χ4v) is 3.70. The molecule has 1 heterocycles. The normalized spacial score (nSPS) is 12.2. The Bertz CT molecular complexity index is 967. The molecule has 0 spiro atoms. The largest absolute Gasteiger partial charge is 0.497 e. The second-order valence-electron chi connectivity index (χ2n) is 6.75. The third-order valence-electron chi connectivity index (χ3n) is 4.46. The Balaban J connectivity index is 2.18. The van der Waals surface area contributed by atoms with Crippen molar-refractivity contribution < 1.29 is 9.53 Å². The zero-order valence-electron chi connectivity index (χ0n) is 16.4. The van der Waals surface area contributed by atoms with Crippen molar-refractivity contribution in [2.24, 2.45) is 5.73 Å². The standard InChI is InChI=1S/C21H24N4O2S/c1-13(2)17-7-5-6-8-18(17)25-20(15-9-11-16(27-4)12-10-15)23-24-21(25)28-14(3)19(22)26/h5-14H,1-4H3,(H2,22,26)/t14-/m1/s1. The first-order valence-electron chi connectivity index (χ1n) is 9.07. The topological polar surface area (TPSA) is 83.0 Å². The van der Waals surface area contributed by atoms with E-state index in [1.54, 1.807) is 14.0 Å². The Morgan fingerprint density at radius 3 is 2.36 bits per heavy atom. The number of methoxy groups -OCH3 is 1. The van der Waals surface area contributed by atoms with E-state index < -0.39 is 5.25 Å². The SMILES string of the molecule is COc1ccc(-c2nnc(S[C@H](C)C(N)=O)n2-c2ccccc2C(C)C)cc1. The maximum Gasteiger partial charge on any atom is 0.230 e. The van der Waals surface area contributed by atoms with Crippen LogP contribution in [-0.4, -0.2) is 33.0 Å². The lowest BCUT2D eigenvalue weighted by Crippen LogP contribution is -2.23. The third-order valence-corrected chi connectivity index (χ3v) is 5.53. The van der Waals surface area contributed by atoms with Crippen LogP contribution in [0.1, 0.15) is 32.3 Å². The van der Waals surface area contributed by atoms with Crippen LogP contribution < -0.4 is 10.5 Å². The van der Waals surface area contributed by atoms with Crippen LogP contribution in [0.2, 0.25) is 0 Å². The highest BCUT2D eigenvalue weighted by molar-refractivity contribution is 8.00. The van der Waals surface area contributed by atoms with Gasteiger partial charge in [0.15, 0.2) is 11.0 Å². The summed E-state index contributed by atoms with van der Waals surface area (Å²) in [6.07, 6.45) is 0. The van der Waals surface area contributed by atoms with Crippen LogP contribution in [-0.2, 0) is 4.79 Å². The molecular weight excluding hydrogens is 372 g/mol. The van der Waals surface area contributed by atoms with Gasteiger partial charge in [-0.05, 0) is 48.7 Å². The molecule has 0 bridgehead atoms. The van der Waals surface area contributed by atoms with Gasteiger partial charge in [-0.25, -0.2) is 0 Å². The average Bonchev–Trinajstić information content (AvgIpc) is 3.11. The molecule has 1 aromatic heterocycles. The van der Waals surface area contributed by atoms with E-state index in [1.165, 1.54) is 17.3 Å². The van der Waals surface area contributed by atoms with Crippen molar-refractivity contribution in [3.63, 3.8) is 0 Å². The highest BCUT2D eigenvalue weighted by atomic mass is 32.2. The number of primary amides is 1. The number of thioether (sulfide) groups is 1. The Labute approximate surface area is 169 Å². The molecule has 0 aliphatic heterocycles. The van der Waals surface area contributed by atoms with Crippen LogP contribution in [0.4, 0.5) is 0 Å². The quantitative estimate of drug-likeness (QED) is 0.610. The molecule has 28 heavy (non-hydrogen) atoms. The zero-order valence-corrected chi connectivity index (χ0v) is 17.2. The van der Waals surface area contributed by atoms with Gasteiger partial charge in [0.05, 0.1) is 18.0 Å². The molecule has 2 N–H and O–H groups in total. The molecule has 0 unspecified atom stereocenters. The molecule has 2 aromatic carbocycles. The number of aromatic nitrogens is 3. The second-order valence-corrected chi connectivity index (χ2v) is 8.05. The molecule has 0 aliphatic rings. The highest BCUT2D eigenvalue weighted by Gasteiger charge is 2.22. The number of carbonyl (C=O) groups is 1. The van der Waals surface area contributed by atoms with E-state index >= 15 is 0 Å². The Morgan fingerprint density at radius 1 is 1.07 bits per heavy atom. The maximum absolute atomic E-state index is 11.6. The molecule has 3 rings (SSSR count). The van der Waals surface area contributed by atoms with E-state index in [9.17, 15) is 4.79 Å². The molecule has 0 radical (unpaired) electrons. The minimum Gasteiger partial charge on any atom is -0.497 e. The summed E-state index contributed by atoms with van der Waals surface area (Å²) in [6, 6.07) is 15.8. The van der Waals surface area contributed by atoms with Crippen LogP contribution in [0, 0.1) is 0 Å². The van der Waals surface area contributed by atoms with E-state index in [2.05, 4.69) is 30.1 Å². The summed E-state index contributed by atoms with van der Waals surface area (Å²) in [4.78, 5) is 11.6. The molecule has 146 valence electrons. The van der Waals surface area contributed by atoms with Gasteiger partial charge in [0.2, 0.25) is 5.91 Å². The van der Waals surface area contributed by atoms with E-state index in [1.807, 2.05) is 47.0 Å². The summed E-state index contributed by atoms with van der Waals surface area (Å²) in [5.41, 5.74) is 8.54. The lowest BCUT2D eigenvalue weighted by atomic mass is 10.0. The van der Waals surface area contributed by atoms with Gasteiger partial charge in [-0.15, -0.1) is 10.2 Å². The smallest absolute Gasteiger partial charge is 0.230 e. The van der Waals surface area contributed by atoms with Gasteiger partial charge in [-0.1, -0.05) is 43.8 Å². The van der Waals surface area contributed by atoms with Gasteiger partial charge in [0, 0.05) is 5.56 Å². The van der Waals surface area contributed by atoms with E-state index in [-0.39, 0.29) is 5.91 Å². The monoisotopic (exact) mass is 396 g/mol. The fraction of sp³-hybridized carbons (Fsp3) is 0.286.